The molecule has 0 spiro atoms. The minimum atomic E-state index is -0.827. The number of guanidine groups is 1. The third-order valence-corrected chi connectivity index (χ3v) is 5.97. The van der Waals surface area contributed by atoms with Crippen LogP contribution in [-0.4, -0.2) is 56.3 Å². The van der Waals surface area contributed by atoms with E-state index in [1.165, 1.54) is 18.2 Å². The Labute approximate surface area is 209 Å². The van der Waals surface area contributed by atoms with Crippen LogP contribution in [0.1, 0.15) is 19.8 Å². The number of benzene rings is 1. The van der Waals surface area contributed by atoms with Crippen LogP contribution in [0.5, 0.6) is 0 Å². The molecule has 0 amide bonds. The molecule has 0 bridgehead atoms. The van der Waals surface area contributed by atoms with Gasteiger partial charge in [0.2, 0.25) is 0 Å². The summed E-state index contributed by atoms with van der Waals surface area (Å²) in [6.07, 6.45) is 3.42. The van der Waals surface area contributed by atoms with E-state index in [1.54, 1.807) is 18.3 Å². The van der Waals surface area contributed by atoms with Crippen molar-refractivity contribution < 1.29 is 13.2 Å². The van der Waals surface area contributed by atoms with Crippen molar-refractivity contribution in [2.45, 2.75) is 25.8 Å². The summed E-state index contributed by atoms with van der Waals surface area (Å²) < 4.78 is 40.8. The van der Waals surface area contributed by atoms with E-state index >= 15 is 0 Å². The van der Waals surface area contributed by atoms with Crippen molar-refractivity contribution in [2.75, 3.05) is 49.1 Å². The zero-order valence-electron chi connectivity index (χ0n) is 18.6. The third kappa shape index (κ3) is 6.42. The molecule has 0 saturated carbocycles. The number of rotatable bonds is 6. The second-order valence-corrected chi connectivity index (χ2v) is 8.30. The Morgan fingerprint density at radius 1 is 1.06 bits per heavy atom. The van der Waals surface area contributed by atoms with E-state index < -0.39 is 11.6 Å². The number of nitrogens with one attached hydrogen (secondary N) is 2. The van der Waals surface area contributed by atoms with Crippen molar-refractivity contribution in [3.8, 4) is 0 Å². The van der Waals surface area contributed by atoms with E-state index in [-0.39, 0.29) is 35.8 Å². The van der Waals surface area contributed by atoms with Crippen LogP contribution in [0.15, 0.2) is 41.5 Å². The van der Waals surface area contributed by atoms with Gasteiger partial charge in [-0.05, 0) is 49.9 Å². The third-order valence-electron chi connectivity index (χ3n) is 5.97. The molecule has 10 heteroatoms. The van der Waals surface area contributed by atoms with E-state index in [1.807, 2.05) is 11.8 Å². The van der Waals surface area contributed by atoms with Gasteiger partial charge >= 0.3 is 0 Å². The van der Waals surface area contributed by atoms with Crippen molar-refractivity contribution in [1.82, 2.24) is 15.6 Å². The Morgan fingerprint density at radius 2 is 1.88 bits per heavy atom. The lowest BCUT2D eigenvalue weighted by molar-refractivity contribution is 0.508. The Morgan fingerprint density at radius 3 is 2.64 bits per heavy atom. The number of aliphatic imine (C=N–C) groups is 1. The maximum atomic E-state index is 14.0. The van der Waals surface area contributed by atoms with Crippen molar-refractivity contribution >= 4 is 41.4 Å². The summed E-state index contributed by atoms with van der Waals surface area (Å²) in [4.78, 5) is 12.9. The Hall–Kier alpha value is -2.24. The van der Waals surface area contributed by atoms with Crippen LogP contribution < -0.4 is 20.4 Å². The molecule has 2 saturated heterocycles. The minimum absolute atomic E-state index is 0. The van der Waals surface area contributed by atoms with Gasteiger partial charge in [0.15, 0.2) is 29.2 Å². The maximum absolute atomic E-state index is 14.0. The summed E-state index contributed by atoms with van der Waals surface area (Å²) >= 11 is 0. The van der Waals surface area contributed by atoms with Crippen molar-refractivity contribution in [2.24, 2.45) is 10.9 Å². The summed E-state index contributed by atoms with van der Waals surface area (Å²) in [6.45, 7) is 6.33. The summed E-state index contributed by atoms with van der Waals surface area (Å²) in [6, 6.07) is 7.22. The van der Waals surface area contributed by atoms with Crippen molar-refractivity contribution in [1.29, 1.82) is 0 Å². The molecule has 4 rings (SSSR count). The fourth-order valence-electron chi connectivity index (χ4n) is 4.31. The number of anilines is 2. The summed E-state index contributed by atoms with van der Waals surface area (Å²) in [5, 5.41) is 6.74. The molecule has 1 aromatic heterocycles. The highest BCUT2D eigenvalue weighted by molar-refractivity contribution is 14.0. The van der Waals surface area contributed by atoms with E-state index in [0.29, 0.717) is 30.5 Å². The molecule has 1 aromatic carbocycles. The van der Waals surface area contributed by atoms with Crippen LogP contribution in [-0.2, 0) is 0 Å². The molecular formula is C23H30F3IN6. The molecule has 2 aromatic rings. The molecule has 180 valence electrons. The molecule has 2 aliphatic heterocycles. The lowest BCUT2D eigenvalue weighted by atomic mass is 10.1. The summed E-state index contributed by atoms with van der Waals surface area (Å²) in [5.74, 6) is -0.485. The molecule has 2 unspecified atom stereocenters. The fraction of sp³-hybridized carbons (Fsp3) is 0.478. The molecule has 6 nitrogen and oxygen atoms in total. The van der Waals surface area contributed by atoms with Crippen molar-refractivity contribution in [3.05, 3.63) is 54.0 Å². The molecule has 0 aliphatic carbocycles. The summed E-state index contributed by atoms with van der Waals surface area (Å²) in [7, 11) is 0. The normalized spacial score (nSPS) is 20.7. The average Bonchev–Trinajstić information content (AvgIpc) is 3.44. The zero-order chi connectivity index (χ0) is 22.5. The highest BCUT2D eigenvalue weighted by Crippen LogP contribution is 2.25. The van der Waals surface area contributed by atoms with E-state index in [9.17, 15) is 13.2 Å². The molecule has 2 aliphatic rings. The van der Waals surface area contributed by atoms with Gasteiger partial charge in [0.1, 0.15) is 0 Å². The standard InChI is InChI=1S/C23H29F3N6.HI/c1-2-27-23(30-17-8-11-32(15-17)22-20(25)4-3-9-28-22)29-13-16-7-10-31(14-16)18-5-6-19(24)21(26)12-18;/h3-6,9,12,16-17H,2,7-8,10-11,13-15H2,1H3,(H2,27,29,30);1H. The Balaban J connectivity index is 0.00000306. The van der Waals surface area contributed by atoms with Gasteiger partial charge in [-0.25, -0.2) is 18.2 Å². The number of aromatic nitrogens is 1. The van der Waals surface area contributed by atoms with Crippen LogP contribution in [0, 0.1) is 23.4 Å². The minimum Gasteiger partial charge on any atom is -0.371 e. The number of hydrogen-bond donors (Lipinski definition) is 2. The first-order valence-corrected chi connectivity index (χ1v) is 11.1. The fourth-order valence-corrected chi connectivity index (χ4v) is 4.31. The number of nitrogens with zero attached hydrogens (tertiary/aromatic N) is 4. The number of hydrogen-bond acceptors (Lipinski definition) is 4. The molecule has 2 fully saturated rings. The first-order valence-electron chi connectivity index (χ1n) is 11.1. The van der Waals surface area contributed by atoms with Gasteiger partial charge in [0.05, 0.1) is 0 Å². The largest absolute Gasteiger partial charge is 0.371 e. The van der Waals surface area contributed by atoms with E-state index in [4.69, 9.17) is 4.99 Å². The van der Waals surface area contributed by atoms with E-state index in [0.717, 1.165) is 45.0 Å². The van der Waals surface area contributed by atoms with E-state index in [2.05, 4.69) is 20.5 Å². The SMILES string of the molecule is CCNC(=NCC1CCN(c2ccc(F)c(F)c2)C1)NC1CCN(c2ncccc2F)C1.I. The second-order valence-electron chi connectivity index (χ2n) is 8.30. The number of pyridine rings is 1. The molecule has 3 heterocycles. The highest BCUT2D eigenvalue weighted by Gasteiger charge is 2.27. The van der Waals surface area contributed by atoms with Gasteiger partial charge in [0, 0.05) is 63.3 Å². The van der Waals surface area contributed by atoms with Crippen LogP contribution in [0.3, 0.4) is 0 Å². The van der Waals surface area contributed by atoms with Gasteiger partial charge in [-0.3, -0.25) is 4.99 Å². The molecule has 2 atom stereocenters. The zero-order valence-corrected chi connectivity index (χ0v) is 20.9. The predicted molar refractivity (Wildman–Crippen MR) is 136 cm³/mol. The maximum Gasteiger partial charge on any atom is 0.191 e. The smallest absolute Gasteiger partial charge is 0.191 e. The van der Waals surface area contributed by atoms with Crippen LogP contribution in [0.4, 0.5) is 24.7 Å². The van der Waals surface area contributed by atoms with Crippen LogP contribution in [0.25, 0.3) is 0 Å². The predicted octanol–water partition coefficient (Wildman–Crippen LogP) is 3.78. The lowest BCUT2D eigenvalue weighted by Crippen LogP contribution is -2.45. The topological polar surface area (TPSA) is 55.8 Å². The first kappa shape index (κ1) is 25.4. The van der Waals surface area contributed by atoms with Crippen LogP contribution in [0.2, 0.25) is 0 Å². The summed E-state index contributed by atoms with van der Waals surface area (Å²) in [5.41, 5.74) is 0.702. The Kier molecular flexibility index (Phi) is 9.04. The number of halogens is 4. The van der Waals surface area contributed by atoms with Gasteiger partial charge in [-0.2, -0.15) is 0 Å². The Bertz CT molecular complexity index is 960. The first-order chi connectivity index (χ1) is 15.5. The molecule has 0 radical (unpaired) electrons. The second kappa shape index (κ2) is 11.8. The van der Waals surface area contributed by atoms with Gasteiger partial charge in [-0.15, -0.1) is 24.0 Å². The molecule has 33 heavy (non-hydrogen) atoms. The molecule has 2 N–H and O–H groups in total. The molecular weight excluding hydrogens is 544 g/mol. The van der Waals surface area contributed by atoms with Gasteiger partial charge < -0.3 is 20.4 Å². The quantitative estimate of drug-likeness (QED) is 0.313. The lowest BCUT2D eigenvalue weighted by Gasteiger charge is -2.20. The highest BCUT2D eigenvalue weighted by atomic mass is 127. The van der Waals surface area contributed by atoms with Crippen molar-refractivity contribution in [3.63, 3.8) is 0 Å². The van der Waals surface area contributed by atoms with Crippen LogP contribution >= 0.6 is 24.0 Å². The average molecular weight is 574 g/mol. The van der Waals surface area contributed by atoms with Gasteiger partial charge in [0.25, 0.3) is 0 Å². The monoisotopic (exact) mass is 574 g/mol. The van der Waals surface area contributed by atoms with Gasteiger partial charge in [-0.1, -0.05) is 0 Å².